The van der Waals surface area contributed by atoms with Gasteiger partial charge in [-0.2, -0.15) is 0 Å². The van der Waals surface area contributed by atoms with Gasteiger partial charge in [-0.15, -0.1) is 0 Å². The average molecular weight is 292 g/mol. The van der Waals surface area contributed by atoms with Crippen molar-refractivity contribution in [1.29, 1.82) is 0 Å². The quantitative estimate of drug-likeness (QED) is 0.809. The summed E-state index contributed by atoms with van der Waals surface area (Å²) in [5.74, 6) is 0.174. The molecule has 0 radical (unpaired) electrons. The van der Waals surface area contributed by atoms with Crippen molar-refractivity contribution < 1.29 is 8.42 Å². The van der Waals surface area contributed by atoms with Crippen LogP contribution in [-0.4, -0.2) is 25.3 Å². The van der Waals surface area contributed by atoms with Gasteiger partial charge in [0.1, 0.15) is 0 Å². The van der Waals surface area contributed by atoms with Gasteiger partial charge in [0.2, 0.25) is 10.0 Å². The van der Waals surface area contributed by atoms with E-state index in [0.717, 1.165) is 6.42 Å². The van der Waals surface area contributed by atoms with Crippen LogP contribution in [0.15, 0.2) is 54.9 Å². The van der Waals surface area contributed by atoms with E-state index < -0.39 is 10.0 Å². The molecule has 0 saturated carbocycles. The third kappa shape index (κ3) is 5.19. The molecule has 0 atom stereocenters. The highest BCUT2D eigenvalue weighted by atomic mass is 32.2. The third-order valence-electron chi connectivity index (χ3n) is 3.08. The standard InChI is InChI=1S/C15H20N2O2S/c18-20(19,16-10-13-17-11-4-5-12-17)14-6-9-15-7-2-1-3-8-15/h1-5,7-8,11-12,16H,6,9-10,13-14H2. The maximum atomic E-state index is 11.8. The summed E-state index contributed by atoms with van der Waals surface area (Å²) in [4.78, 5) is 0. The van der Waals surface area contributed by atoms with E-state index >= 15 is 0 Å². The van der Waals surface area contributed by atoms with E-state index in [1.54, 1.807) is 0 Å². The van der Waals surface area contributed by atoms with Crippen molar-refractivity contribution in [2.24, 2.45) is 0 Å². The first-order valence-electron chi connectivity index (χ1n) is 6.78. The number of aryl methyl sites for hydroxylation is 1. The molecule has 0 fully saturated rings. The average Bonchev–Trinajstić information content (AvgIpc) is 2.93. The summed E-state index contributed by atoms with van der Waals surface area (Å²) in [5.41, 5.74) is 1.18. The first-order valence-corrected chi connectivity index (χ1v) is 8.43. The fourth-order valence-corrected chi connectivity index (χ4v) is 3.10. The minimum absolute atomic E-state index is 0.174. The van der Waals surface area contributed by atoms with Crippen LogP contribution in [0.5, 0.6) is 0 Å². The summed E-state index contributed by atoms with van der Waals surface area (Å²) in [6, 6.07) is 13.8. The maximum Gasteiger partial charge on any atom is 0.211 e. The van der Waals surface area contributed by atoms with Crippen LogP contribution in [0.4, 0.5) is 0 Å². The van der Waals surface area contributed by atoms with Gasteiger partial charge in [0.25, 0.3) is 0 Å². The summed E-state index contributed by atoms with van der Waals surface area (Å²) < 4.78 is 28.2. The van der Waals surface area contributed by atoms with E-state index in [0.29, 0.717) is 19.5 Å². The molecule has 0 spiro atoms. The predicted molar refractivity (Wildman–Crippen MR) is 81.0 cm³/mol. The maximum absolute atomic E-state index is 11.8. The molecule has 0 aliphatic carbocycles. The lowest BCUT2D eigenvalue weighted by molar-refractivity contribution is 0.570. The second kappa shape index (κ2) is 7.26. The number of hydrogen-bond donors (Lipinski definition) is 1. The van der Waals surface area contributed by atoms with Gasteiger partial charge < -0.3 is 4.57 Å². The smallest absolute Gasteiger partial charge is 0.211 e. The van der Waals surface area contributed by atoms with E-state index in [4.69, 9.17) is 0 Å². The first kappa shape index (κ1) is 14.8. The SMILES string of the molecule is O=S(=O)(CCCc1ccccc1)NCCn1cccc1. The predicted octanol–water partition coefficient (Wildman–Crippen LogP) is 2.04. The van der Waals surface area contributed by atoms with Crippen LogP contribution in [0, 0.1) is 0 Å². The lowest BCUT2D eigenvalue weighted by Gasteiger charge is -2.07. The Kier molecular flexibility index (Phi) is 5.38. The van der Waals surface area contributed by atoms with E-state index in [1.165, 1.54) is 5.56 Å². The van der Waals surface area contributed by atoms with Gasteiger partial charge in [-0.3, -0.25) is 0 Å². The molecule has 0 amide bonds. The Morgan fingerprint density at radius 3 is 2.40 bits per heavy atom. The molecule has 0 bridgehead atoms. The van der Waals surface area contributed by atoms with Crippen LogP contribution in [0.3, 0.4) is 0 Å². The number of hydrogen-bond acceptors (Lipinski definition) is 2. The highest BCUT2D eigenvalue weighted by Crippen LogP contribution is 2.03. The Labute approximate surface area is 120 Å². The second-order valence-corrected chi connectivity index (χ2v) is 6.65. The van der Waals surface area contributed by atoms with Crippen LogP contribution in [-0.2, 0) is 23.0 Å². The molecule has 4 nitrogen and oxygen atoms in total. The van der Waals surface area contributed by atoms with Crippen molar-refractivity contribution in [3.8, 4) is 0 Å². The van der Waals surface area contributed by atoms with Crippen molar-refractivity contribution in [1.82, 2.24) is 9.29 Å². The highest BCUT2D eigenvalue weighted by Gasteiger charge is 2.09. The normalized spacial score (nSPS) is 11.6. The van der Waals surface area contributed by atoms with Crippen molar-refractivity contribution in [3.05, 3.63) is 60.4 Å². The molecule has 1 N–H and O–H groups in total. The molecule has 0 unspecified atom stereocenters. The fraction of sp³-hybridized carbons (Fsp3) is 0.333. The highest BCUT2D eigenvalue weighted by molar-refractivity contribution is 7.89. The molecule has 0 aliphatic rings. The van der Waals surface area contributed by atoms with Crippen LogP contribution < -0.4 is 4.72 Å². The van der Waals surface area contributed by atoms with Crippen molar-refractivity contribution >= 4 is 10.0 Å². The molecule has 1 aromatic carbocycles. The minimum Gasteiger partial charge on any atom is -0.353 e. The lowest BCUT2D eigenvalue weighted by Crippen LogP contribution is -2.29. The Bertz CT molecular complexity index is 592. The number of nitrogens with zero attached hydrogens (tertiary/aromatic N) is 1. The largest absolute Gasteiger partial charge is 0.353 e. The zero-order valence-electron chi connectivity index (χ0n) is 11.4. The van der Waals surface area contributed by atoms with Crippen LogP contribution in [0.1, 0.15) is 12.0 Å². The summed E-state index contributed by atoms with van der Waals surface area (Å²) in [5, 5.41) is 0. The van der Waals surface area contributed by atoms with E-state index in [2.05, 4.69) is 4.72 Å². The van der Waals surface area contributed by atoms with Gasteiger partial charge in [-0.25, -0.2) is 13.1 Å². The number of sulfonamides is 1. The Morgan fingerprint density at radius 1 is 1.00 bits per heavy atom. The van der Waals surface area contributed by atoms with Gasteiger partial charge in [-0.05, 0) is 30.5 Å². The second-order valence-electron chi connectivity index (χ2n) is 4.72. The number of nitrogens with one attached hydrogen (secondary N) is 1. The minimum atomic E-state index is -3.17. The molecule has 2 rings (SSSR count). The fourth-order valence-electron chi connectivity index (χ4n) is 2.03. The van der Waals surface area contributed by atoms with Crippen LogP contribution in [0.2, 0.25) is 0 Å². The van der Waals surface area contributed by atoms with Crippen LogP contribution >= 0.6 is 0 Å². The van der Waals surface area contributed by atoms with Crippen molar-refractivity contribution in [2.45, 2.75) is 19.4 Å². The zero-order valence-corrected chi connectivity index (χ0v) is 12.2. The molecule has 2 aromatic rings. The molecule has 0 saturated heterocycles. The monoisotopic (exact) mass is 292 g/mol. The van der Waals surface area contributed by atoms with Crippen LogP contribution in [0.25, 0.3) is 0 Å². The molecule has 0 aliphatic heterocycles. The molecule has 108 valence electrons. The van der Waals surface area contributed by atoms with Gasteiger partial charge in [0.15, 0.2) is 0 Å². The van der Waals surface area contributed by atoms with Gasteiger partial charge >= 0.3 is 0 Å². The van der Waals surface area contributed by atoms with E-state index in [9.17, 15) is 8.42 Å². The van der Waals surface area contributed by atoms with Gasteiger partial charge in [0.05, 0.1) is 5.75 Å². The molecular weight excluding hydrogens is 272 g/mol. The summed E-state index contributed by atoms with van der Waals surface area (Å²) in [7, 11) is -3.17. The Balaban J connectivity index is 1.68. The molecule has 1 heterocycles. The van der Waals surface area contributed by atoms with Crippen molar-refractivity contribution in [3.63, 3.8) is 0 Å². The van der Waals surface area contributed by atoms with Gasteiger partial charge in [0, 0.05) is 25.5 Å². The number of rotatable bonds is 8. The summed E-state index contributed by atoms with van der Waals surface area (Å²) >= 11 is 0. The topological polar surface area (TPSA) is 51.1 Å². The lowest BCUT2D eigenvalue weighted by atomic mass is 10.1. The molecule has 20 heavy (non-hydrogen) atoms. The van der Waals surface area contributed by atoms with Crippen molar-refractivity contribution in [2.75, 3.05) is 12.3 Å². The zero-order chi connectivity index (χ0) is 14.3. The number of aromatic nitrogens is 1. The van der Waals surface area contributed by atoms with Gasteiger partial charge in [-0.1, -0.05) is 30.3 Å². The summed E-state index contributed by atoms with van der Waals surface area (Å²) in [6.45, 7) is 1.09. The molecule has 5 heteroatoms. The summed E-state index contributed by atoms with van der Waals surface area (Å²) in [6.07, 6.45) is 5.27. The Hall–Kier alpha value is -1.59. The number of benzene rings is 1. The third-order valence-corrected chi connectivity index (χ3v) is 4.55. The Morgan fingerprint density at radius 2 is 1.70 bits per heavy atom. The first-order chi connectivity index (χ1) is 9.66. The molecule has 1 aromatic heterocycles. The van der Waals surface area contributed by atoms with E-state index in [-0.39, 0.29) is 5.75 Å². The van der Waals surface area contributed by atoms with E-state index in [1.807, 2.05) is 59.4 Å². The molecular formula is C15H20N2O2S.